The van der Waals surface area contributed by atoms with E-state index >= 15 is 0 Å². The minimum absolute atomic E-state index is 0.0174. The average molecular weight is 509 g/mol. The van der Waals surface area contributed by atoms with Crippen molar-refractivity contribution in [1.29, 1.82) is 5.41 Å². The van der Waals surface area contributed by atoms with Gasteiger partial charge in [-0.15, -0.1) is 0 Å². The van der Waals surface area contributed by atoms with Crippen LogP contribution in [0.1, 0.15) is 29.5 Å². The van der Waals surface area contributed by atoms with Gasteiger partial charge in [0, 0.05) is 30.3 Å². The van der Waals surface area contributed by atoms with Crippen molar-refractivity contribution in [2.45, 2.75) is 25.5 Å². The Labute approximate surface area is 213 Å². The summed E-state index contributed by atoms with van der Waals surface area (Å²) in [5.74, 6) is 0.427. The number of halogens is 2. The largest absolute Gasteiger partial charge is 0.487 e. The third-order valence-electron chi connectivity index (χ3n) is 5.94. The van der Waals surface area contributed by atoms with Crippen LogP contribution in [0.5, 0.6) is 5.75 Å². The maximum Gasteiger partial charge on any atom is 0.246 e. The van der Waals surface area contributed by atoms with Crippen LogP contribution in [-0.4, -0.2) is 45.6 Å². The molecule has 0 bridgehead atoms. The summed E-state index contributed by atoms with van der Waals surface area (Å²) in [6.45, 7) is 4.73. The van der Waals surface area contributed by atoms with Gasteiger partial charge in [0.2, 0.25) is 5.91 Å². The quantitative estimate of drug-likeness (QED) is 0.306. The van der Waals surface area contributed by atoms with Crippen molar-refractivity contribution in [1.82, 2.24) is 14.9 Å². The van der Waals surface area contributed by atoms with Crippen LogP contribution in [0.25, 0.3) is 0 Å². The fourth-order valence-corrected chi connectivity index (χ4v) is 4.30. The van der Waals surface area contributed by atoms with Crippen molar-refractivity contribution in [3.8, 4) is 5.75 Å². The number of amides is 1. The molecule has 0 spiro atoms. The molecule has 1 atom stereocenters. The second-order valence-electron chi connectivity index (χ2n) is 8.35. The van der Waals surface area contributed by atoms with Crippen LogP contribution in [0.3, 0.4) is 0 Å². The van der Waals surface area contributed by atoms with E-state index in [4.69, 9.17) is 27.5 Å². The van der Waals surface area contributed by atoms with Crippen LogP contribution in [0.2, 0.25) is 5.02 Å². The summed E-state index contributed by atoms with van der Waals surface area (Å²) in [4.78, 5) is 22.2. The van der Waals surface area contributed by atoms with E-state index in [0.29, 0.717) is 41.3 Å². The number of piperidine rings is 1. The van der Waals surface area contributed by atoms with Gasteiger partial charge < -0.3 is 20.7 Å². The molecule has 3 aromatic rings. The van der Waals surface area contributed by atoms with E-state index in [0.717, 1.165) is 12.8 Å². The Bertz CT molecular complexity index is 1300. The number of nitrogens with one attached hydrogen (secondary N) is 2. The number of aromatic nitrogens is 2. The summed E-state index contributed by atoms with van der Waals surface area (Å²) >= 11 is 6.42. The molecule has 4 N–H and O–H groups in total. The zero-order valence-corrected chi connectivity index (χ0v) is 20.3. The van der Waals surface area contributed by atoms with E-state index in [1.807, 2.05) is 0 Å². The van der Waals surface area contributed by atoms with Crippen LogP contribution in [-0.2, 0) is 11.4 Å². The molecular weight excluding hydrogens is 483 g/mol. The van der Waals surface area contributed by atoms with E-state index in [2.05, 4.69) is 21.9 Å². The van der Waals surface area contributed by atoms with E-state index in [9.17, 15) is 9.18 Å². The molecule has 0 unspecified atom stereocenters. The predicted octanol–water partition coefficient (Wildman–Crippen LogP) is 4.44. The first-order valence-electron chi connectivity index (χ1n) is 11.4. The smallest absolute Gasteiger partial charge is 0.246 e. The number of anilines is 2. The molecule has 1 saturated heterocycles. The first kappa shape index (κ1) is 25.1. The first-order chi connectivity index (χ1) is 17.4. The summed E-state index contributed by atoms with van der Waals surface area (Å²) in [6.07, 6.45) is 4.29. The van der Waals surface area contributed by atoms with Gasteiger partial charge in [-0.05, 0) is 43.2 Å². The first-order valence-corrected chi connectivity index (χ1v) is 11.8. The van der Waals surface area contributed by atoms with E-state index < -0.39 is 0 Å². The van der Waals surface area contributed by atoms with Gasteiger partial charge in [-0.1, -0.05) is 36.4 Å². The van der Waals surface area contributed by atoms with Crippen molar-refractivity contribution in [3.63, 3.8) is 0 Å². The third kappa shape index (κ3) is 5.63. The molecular formula is C26H26ClFN6O2. The molecule has 0 saturated carbocycles. The lowest BCUT2D eigenvalue weighted by molar-refractivity contribution is -0.127. The van der Waals surface area contributed by atoms with Crippen LogP contribution < -0.4 is 15.8 Å². The summed E-state index contributed by atoms with van der Waals surface area (Å²) in [5, 5.41) is 12.4. The lowest BCUT2D eigenvalue weighted by atomic mass is 10.0. The molecule has 4 rings (SSSR count). The molecule has 10 heteroatoms. The molecule has 1 aliphatic heterocycles. The van der Waals surface area contributed by atoms with Crippen molar-refractivity contribution >= 4 is 34.9 Å². The second kappa shape index (κ2) is 11.2. The van der Waals surface area contributed by atoms with Gasteiger partial charge in [0.25, 0.3) is 0 Å². The predicted molar refractivity (Wildman–Crippen MR) is 138 cm³/mol. The monoisotopic (exact) mass is 508 g/mol. The lowest BCUT2D eigenvalue weighted by Gasteiger charge is -2.33. The maximum atomic E-state index is 13.9. The zero-order valence-electron chi connectivity index (χ0n) is 19.5. The van der Waals surface area contributed by atoms with Crippen LogP contribution >= 0.6 is 11.6 Å². The van der Waals surface area contributed by atoms with Crippen LogP contribution in [0.4, 0.5) is 16.0 Å². The number of carbonyl (C=O) groups excluding carboxylic acids is 1. The number of nitrogens with two attached hydrogens (primary N) is 1. The number of carbonyl (C=O) groups is 1. The second-order valence-corrected chi connectivity index (χ2v) is 8.76. The molecule has 1 fully saturated rings. The fraction of sp³-hybridized carbons (Fsp3) is 0.231. The number of hydrogen-bond acceptors (Lipinski definition) is 7. The summed E-state index contributed by atoms with van der Waals surface area (Å²) in [6, 6.07) is 11.2. The van der Waals surface area contributed by atoms with Gasteiger partial charge in [0.1, 0.15) is 36.1 Å². The Morgan fingerprint density at radius 3 is 2.89 bits per heavy atom. The molecule has 36 heavy (non-hydrogen) atoms. The third-order valence-corrected chi connectivity index (χ3v) is 6.23. The van der Waals surface area contributed by atoms with Gasteiger partial charge in [-0.3, -0.25) is 10.2 Å². The summed E-state index contributed by atoms with van der Waals surface area (Å²) in [7, 11) is 0. The minimum atomic E-state index is -0.360. The number of nitrogen functional groups attached to an aromatic ring is 1. The zero-order chi connectivity index (χ0) is 25.7. The Balaban J connectivity index is 1.52. The number of rotatable bonds is 8. The maximum absolute atomic E-state index is 13.9. The van der Waals surface area contributed by atoms with Crippen LogP contribution in [0.15, 0.2) is 61.4 Å². The highest BCUT2D eigenvalue weighted by Crippen LogP contribution is 2.30. The fourth-order valence-electron chi connectivity index (χ4n) is 4.06. The standard InChI is InChI=1S/C26H26ClFN6O2/c1-2-22(35)34-11-5-7-18(13-34)33-26-23(25(30)31-15-32-26)24(29)16-9-10-21(19(27)12-16)36-14-17-6-3-4-8-20(17)28/h2-4,6,8-10,12,15,18,29H,1,5,7,11,13-14H2,(H3,30,31,32,33)/t18-/m1/s1. The highest BCUT2D eigenvalue weighted by molar-refractivity contribution is 6.32. The van der Waals surface area contributed by atoms with Gasteiger partial charge in [0.05, 0.1) is 16.3 Å². The Morgan fingerprint density at radius 1 is 1.33 bits per heavy atom. The molecule has 1 aromatic heterocycles. The Kier molecular flexibility index (Phi) is 7.80. The summed E-state index contributed by atoms with van der Waals surface area (Å²) < 4.78 is 19.6. The number of hydrogen-bond donors (Lipinski definition) is 3. The molecule has 8 nitrogen and oxygen atoms in total. The van der Waals surface area contributed by atoms with E-state index in [-0.39, 0.29) is 40.9 Å². The van der Waals surface area contributed by atoms with Crippen LogP contribution in [0, 0.1) is 11.2 Å². The van der Waals surface area contributed by atoms with Crippen molar-refractivity contribution in [3.05, 3.63) is 89.0 Å². The molecule has 1 amide bonds. The van der Waals surface area contributed by atoms with Gasteiger partial charge >= 0.3 is 0 Å². The highest BCUT2D eigenvalue weighted by Gasteiger charge is 2.25. The van der Waals surface area contributed by atoms with Gasteiger partial charge in [-0.25, -0.2) is 14.4 Å². The van der Waals surface area contributed by atoms with Crippen molar-refractivity contribution in [2.75, 3.05) is 24.1 Å². The SMILES string of the molecule is C=CC(=O)N1CCC[C@@H](Nc2ncnc(N)c2C(=N)c2ccc(OCc3ccccc3F)c(Cl)c2)C1. The topological polar surface area (TPSA) is 117 Å². The summed E-state index contributed by atoms with van der Waals surface area (Å²) in [5.41, 5.74) is 7.45. The van der Waals surface area contributed by atoms with E-state index in [1.165, 1.54) is 18.5 Å². The number of likely N-dealkylation sites (tertiary alicyclic amines) is 1. The highest BCUT2D eigenvalue weighted by atomic mass is 35.5. The van der Waals surface area contributed by atoms with E-state index in [1.54, 1.807) is 41.3 Å². The average Bonchev–Trinajstić information content (AvgIpc) is 2.88. The number of ether oxygens (including phenoxy) is 1. The van der Waals surface area contributed by atoms with Crippen molar-refractivity contribution < 1.29 is 13.9 Å². The molecule has 1 aliphatic rings. The molecule has 186 valence electrons. The number of benzene rings is 2. The molecule has 0 radical (unpaired) electrons. The lowest BCUT2D eigenvalue weighted by Crippen LogP contribution is -2.44. The molecule has 0 aliphatic carbocycles. The Morgan fingerprint density at radius 2 is 2.14 bits per heavy atom. The van der Waals surface area contributed by atoms with Gasteiger partial charge in [0.15, 0.2) is 0 Å². The van der Waals surface area contributed by atoms with Crippen molar-refractivity contribution in [2.24, 2.45) is 0 Å². The Hall–Kier alpha value is -3.98. The molecule has 2 heterocycles. The minimum Gasteiger partial charge on any atom is -0.487 e. The number of nitrogens with zero attached hydrogens (tertiary/aromatic N) is 3. The molecule has 2 aromatic carbocycles. The van der Waals surface area contributed by atoms with Gasteiger partial charge in [-0.2, -0.15) is 0 Å². The normalized spacial score (nSPS) is 15.3.